The van der Waals surface area contributed by atoms with Crippen molar-refractivity contribution in [1.82, 2.24) is 19.4 Å². The Hall–Kier alpha value is -2.37. The van der Waals surface area contributed by atoms with Crippen LogP contribution < -0.4 is 10.9 Å². The maximum absolute atomic E-state index is 12.3. The SMILES string of the molecule is CC(C)C(Cn1ccnc1)NC(=O)c1ccc(=O)n(C)c1. The molecule has 0 fully saturated rings. The van der Waals surface area contributed by atoms with E-state index in [0.717, 1.165) is 0 Å². The maximum atomic E-state index is 12.3. The summed E-state index contributed by atoms with van der Waals surface area (Å²) in [6.45, 7) is 4.78. The summed E-state index contributed by atoms with van der Waals surface area (Å²) < 4.78 is 3.33. The number of nitrogens with zero attached hydrogens (tertiary/aromatic N) is 3. The molecule has 1 unspecified atom stereocenters. The molecule has 0 spiro atoms. The van der Waals surface area contributed by atoms with Crippen LogP contribution in [0.25, 0.3) is 0 Å². The van der Waals surface area contributed by atoms with Crippen LogP contribution in [-0.4, -0.2) is 26.1 Å². The molecule has 6 heteroatoms. The van der Waals surface area contributed by atoms with Crippen molar-refractivity contribution in [3.63, 3.8) is 0 Å². The Morgan fingerprint density at radius 2 is 2.14 bits per heavy atom. The summed E-state index contributed by atoms with van der Waals surface area (Å²) in [7, 11) is 1.63. The van der Waals surface area contributed by atoms with Crippen LogP contribution >= 0.6 is 0 Å². The molecule has 0 aliphatic carbocycles. The Bertz CT molecular complexity index is 659. The van der Waals surface area contributed by atoms with Crippen LogP contribution in [0.4, 0.5) is 0 Å². The second-order valence-corrected chi connectivity index (χ2v) is 5.45. The van der Waals surface area contributed by atoms with Crippen molar-refractivity contribution in [1.29, 1.82) is 0 Å². The molecule has 2 aromatic rings. The summed E-state index contributed by atoms with van der Waals surface area (Å²) in [5.74, 6) is 0.105. The third kappa shape index (κ3) is 3.81. The molecular weight excluding hydrogens is 268 g/mol. The normalized spacial score (nSPS) is 12.4. The standard InChI is InChI=1S/C15H20N4O2/c1-11(2)13(9-19-7-6-16-10-19)17-15(21)12-4-5-14(20)18(3)8-12/h4-8,10-11,13H,9H2,1-3H3,(H,17,21). The molecule has 0 aromatic carbocycles. The van der Waals surface area contributed by atoms with E-state index in [9.17, 15) is 9.59 Å². The van der Waals surface area contributed by atoms with E-state index in [2.05, 4.69) is 24.1 Å². The monoisotopic (exact) mass is 288 g/mol. The first-order chi connectivity index (χ1) is 9.97. The molecule has 0 saturated carbocycles. The molecule has 2 aromatic heterocycles. The first kappa shape index (κ1) is 15.0. The summed E-state index contributed by atoms with van der Waals surface area (Å²) in [4.78, 5) is 27.7. The zero-order valence-electron chi connectivity index (χ0n) is 12.5. The van der Waals surface area contributed by atoms with E-state index in [1.165, 1.54) is 10.6 Å². The molecule has 112 valence electrons. The van der Waals surface area contributed by atoms with E-state index in [0.29, 0.717) is 12.1 Å². The lowest BCUT2D eigenvalue weighted by molar-refractivity contribution is 0.0919. The van der Waals surface area contributed by atoms with E-state index < -0.39 is 0 Å². The highest BCUT2D eigenvalue weighted by Crippen LogP contribution is 2.07. The molecule has 0 radical (unpaired) electrons. The lowest BCUT2D eigenvalue weighted by atomic mass is 10.0. The molecule has 0 aliphatic rings. The fraction of sp³-hybridized carbons (Fsp3) is 0.400. The van der Waals surface area contributed by atoms with Crippen LogP contribution in [-0.2, 0) is 13.6 Å². The van der Waals surface area contributed by atoms with Gasteiger partial charge >= 0.3 is 0 Å². The topological polar surface area (TPSA) is 68.9 Å². The number of hydrogen-bond acceptors (Lipinski definition) is 3. The van der Waals surface area contributed by atoms with Gasteiger partial charge in [-0.1, -0.05) is 13.8 Å². The first-order valence-electron chi connectivity index (χ1n) is 6.90. The number of rotatable bonds is 5. The van der Waals surface area contributed by atoms with Crippen molar-refractivity contribution in [3.05, 3.63) is 53.0 Å². The fourth-order valence-electron chi connectivity index (χ4n) is 2.02. The predicted molar refractivity (Wildman–Crippen MR) is 80.0 cm³/mol. The van der Waals surface area contributed by atoms with Gasteiger partial charge in [-0.15, -0.1) is 0 Å². The van der Waals surface area contributed by atoms with E-state index >= 15 is 0 Å². The number of aromatic nitrogens is 3. The molecule has 21 heavy (non-hydrogen) atoms. The summed E-state index contributed by atoms with van der Waals surface area (Å²) in [6, 6.07) is 2.94. The number of nitrogens with one attached hydrogen (secondary N) is 1. The first-order valence-corrected chi connectivity index (χ1v) is 6.90. The van der Waals surface area contributed by atoms with Gasteiger partial charge in [0.2, 0.25) is 5.56 Å². The third-order valence-electron chi connectivity index (χ3n) is 3.44. The van der Waals surface area contributed by atoms with Gasteiger partial charge in [-0.25, -0.2) is 4.98 Å². The lowest BCUT2D eigenvalue weighted by Gasteiger charge is -2.23. The summed E-state index contributed by atoms with van der Waals surface area (Å²) in [6.07, 6.45) is 6.86. The lowest BCUT2D eigenvalue weighted by Crippen LogP contribution is -2.41. The molecule has 1 amide bonds. The average molecular weight is 288 g/mol. The van der Waals surface area contributed by atoms with Gasteiger partial charge in [-0.3, -0.25) is 9.59 Å². The van der Waals surface area contributed by atoms with Gasteiger partial charge in [-0.05, 0) is 12.0 Å². The minimum atomic E-state index is -0.176. The van der Waals surface area contributed by atoms with Crippen LogP contribution in [0.3, 0.4) is 0 Å². The Labute approximate surface area is 123 Å². The van der Waals surface area contributed by atoms with E-state index in [1.807, 2.05) is 10.8 Å². The van der Waals surface area contributed by atoms with Crippen molar-refractivity contribution in [2.75, 3.05) is 0 Å². The minimum absolute atomic E-state index is 0.0102. The molecule has 0 bridgehead atoms. The summed E-state index contributed by atoms with van der Waals surface area (Å²) >= 11 is 0. The van der Waals surface area contributed by atoms with E-state index in [-0.39, 0.29) is 23.4 Å². The molecule has 0 saturated heterocycles. The molecular formula is C15H20N4O2. The number of carbonyl (C=O) groups excluding carboxylic acids is 1. The van der Waals surface area contributed by atoms with Gasteiger partial charge in [0.15, 0.2) is 0 Å². The van der Waals surface area contributed by atoms with Gasteiger partial charge in [0.25, 0.3) is 5.91 Å². The van der Waals surface area contributed by atoms with Gasteiger partial charge in [0.05, 0.1) is 11.9 Å². The zero-order valence-corrected chi connectivity index (χ0v) is 12.5. The third-order valence-corrected chi connectivity index (χ3v) is 3.44. The highest BCUT2D eigenvalue weighted by molar-refractivity contribution is 5.94. The van der Waals surface area contributed by atoms with Crippen LogP contribution in [0.5, 0.6) is 0 Å². The van der Waals surface area contributed by atoms with Crippen molar-refractivity contribution in [2.24, 2.45) is 13.0 Å². The smallest absolute Gasteiger partial charge is 0.253 e. The highest BCUT2D eigenvalue weighted by atomic mass is 16.2. The Morgan fingerprint density at radius 1 is 1.38 bits per heavy atom. The number of hydrogen-bond donors (Lipinski definition) is 1. The highest BCUT2D eigenvalue weighted by Gasteiger charge is 2.18. The summed E-state index contributed by atoms with van der Waals surface area (Å²) in [5.41, 5.74) is 0.346. The van der Waals surface area contributed by atoms with Gasteiger partial charge in [-0.2, -0.15) is 0 Å². The van der Waals surface area contributed by atoms with Gasteiger partial charge < -0.3 is 14.5 Å². The van der Waals surface area contributed by atoms with Crippen molar-refractivity contribution >= 4 is 5.91 Å². The molecule has 2 heterocycles. The number of aryl methyl sites for hydroxylation is 1. The largest absolute Gasteiger partial charge is 0.347 e. The molecule has 2 rings (SSSR count). The van der Waals surface area contributed by atoms with Crippen LogP contribution in [0.15, 0.2) is 41.8 Å². The molecule has 0 aliphatic heterocycles. The Kier molecular flexibility index (Phi) is 4.57. The zero-order chi connectivity index (χ0) is 15.4. The minimum Gasteiger partial charge on any atom is -0.347 e. The molecule has 1 atom stereocenters. The number of carbonyl (C=O) groups is 1. The predicted octanol–water partition coefficient (Wildman–Crippen LogP) is 1.04. The van der Waals surface area contributed by atoms with Crippen molar-refractivity contribution in [3.8, 4) is 0 Å². The van der Waals surface area contributed by atoms with Crippen molar-refractivity contribution < 1.29 is 4.79 Å². The maximum Gasteiger partial charge on any atom is 0.253 e. The number of amides is 1. The van der Waals surface area contributed by atoms with Crippen molar-refractivity contribution in [2.45, 2.75) is 26.4 Å². The Morgan fingerprint density at radius 3 is 2.71 bits per heavy atom. The quantitative estimate of drug-likeness (QED) is 0.893. The molecule has 6 nitrogen and oxygen atoms in total. The van der Waals surface area contributed by atoms with Crippen LogP contribution in [0.2, 0.25) is 0 Å². The Balaban J connectivity index is 2.10. The average Bonchev–Trinajstić information content (AvgIpc) is 2.93. The van der Waals surface area contributed by atoms with Crippen LogP contribution in [0, 0.1) is 5.92 Å². The van der Waals surface area contributed by atoms with Gasteiger partial charge in [0.1, 0.15) is 0 Å². The number of imidazole rings is 1. The fourth-order valence-corrected chi connectivity index (χ4v) is 2.02. The summed E-state index contributed by atoms with van der Waals surface area (Å²) in [5, 5.41) is 3.01. The second-order valence-electron chi connectivity index (χ2n) is 5.45. The van der Waals surface area contributed by atoms with E-state index in [4.69, 9.17) is 0 Å². The molecule has 1 N–H and O–H groups in total. The second kappa shape index (κ2) is 6.39. The van der Waals surface area contributed by atoms with Crippen LogP contribution in [0.1, 0.15) is 24.2 Å². The van der Waals surface area contributed by atoms with Gasteiger partial charge in [0, 0.05) is 44.3 Å². The number of pyridine rings is 1. The van der Waals surface area contributed by atoms with E-state index in [1.54, 1.807) is 31.8 Å².